The van der Waals surface area contributed by atoms with E-state index in [2.05, 4.69) is 32.0 Å². The third kappa shape index (κ3) is 6.44. The molecule has 0 spiro atoms. The average molecular weight is 333 g/mol. The molecule has 68 valence electrons. The third-order valence-electron chi connectivity index (χ3n) is 1.31. The van der Waals surface area contributed by atoms with Crippen molar-refractivity contribution in [3.05, 3.63) is 51.6 Å². The van der Waals surface area contributed by atoms with E-state index in [1.165, 1.54) is 11.1 Å². The zero-order chi connectivity index (χ0) is 5.28. The zero-order valence-electron chi connectivity index (χ0n) is 8.05. The van der Waals surface area contributed by atoms with Gasteiger partial charge in [-0.3, -0.25) is 0 Å². The molecule has 0 aliphatic carbocycles. The van der Waals surface area contributed by atoms with Crippen LogP contribution in [0.15, 0.2) is 18.2 Å². The number of hydrogen-bond donors (Lipinski definition) is 0. The minimum absolute atomic E-state index is 0. The zero-order valence-corrected chi connectivity index (χ0v) is 10.3. The van der Waals surface area contributed by atoms with Crippen molar-refractivity contribution in [1.82, 2.24) is 0 Å². The molecule has 0 fully saturated rings. The normalized spacial score (nSPS) is 6.00. The van der Waals surface area contributed by atoms with Crippen molar-refractivity contribution < 1.29 is 21.1 Å². The Morgan fingerprint density at radius 1 is 1.18 bits per heavy atom. The fourth-order valence-electron chi connectivity index (χ4n) is 0.600. The Hall–Kier alpha value is 0.0383. The number of rotatable bonds is 0. The van der Waals surface area contributed by atoms with Crippen LogP contribution in [0.25, 0.3) is 0 Å². The first-order valence-corrected chi connectivity index (χ1v) is 2.49. The summed E-state index contributed by atoms with van der Waals surface area (Å²) in [6.45, 7) is 4.24. The Labute approximate surface area is 86.7 Å². The molecule has 1 heteroatoms. The quantitative estimate of drug-likeness (QED) is 0.639. The summed E-state index contributed by atoms with van der Waals surface area (Å²) in [4.78, 5) is 0. The number of hydrogen-bond acceptors (Lipinski definition) is 0. The van der Waals surface area contributed by atoms with Gasteiger partial charge in [-0.1, -0.05) is 13.8 Å². The monoisotopic (exact) mass is 333 g/mol. The molecule has 0 aliphatic heterocycles. The molecule has 0 atom stereocenters. The van der Waals surface area contributed by atoms with Crippen molar-refractivity contribution in [3.63, 3.8) is 0 Å². The van der Waals surface area contributed by atoms with Gasteiger partial charge in [0.2, 0.25) is 0 Å². The van der Waals surface area contributed by atoms with Crippen LogP contribution < -0.4 is 0 Å². The second-order valence-corrected chi connectivity index (χ2v) is 1.89. The van der Waals surface area contributed by atoms with Crippen molar-refractivity contribution >= 4 is 0 Å². The summed E-state index contributed by atoms with van der Waals surface area (Å²) in [7, 11) is 0. The minimum atomic E-state index is 0. The van der Waals surface area contributed by atoms with Gasteiger partial charge in [0.25, 0.3) is 0 Å². The first kappa shape index (κ1) is 22.5. The van der Waals surface area contributed by atoms with E-state index in [9.17, 15) is 0 Å². The molecular formula is C10H18Pt. The Kier molecular flexibility index (Phi) is 20.5. The third-order valence-corrected chi connectivity index (χ3v) is 1.31. The smallest absolute Gasteiger partial charge is 0.358 e. The Morgan fingerprint density at radius 3 is 1.73 bits per heavy atom. The first-order valence-electron chi connectivity index (χ1n) is 2.49. The molecule has 0 aromatic heterocycles. The van der Waals surface area contributed by atoms with Crippen LogP contribution in [0, 0.1) is 36.1 Å². The van der Waals surface area contributed by atoms with Crippen LogP contribution in [0.2, 0.25) is 0 Å². The van der Waals surface area contributed by atoms with E-state index in [4.69, 9.17) is 0 Å². The molecule has 0 bridgehead atoms. The first-order chi connectivity index (χ1) is 3.30. The molecule has 0 nitrogen and oxygen atoms in total. The summed E-state index contributed by atoms with van der Waals surface area (Å²) in [5.41, 5.74) is 2.78. The molecule has 0 unspecified atom stereocenters. The van der Waals surface area contributed by atoms with Crippen LogP contribution >= 0.6 is 0 Å². The average Bonchev–Trinajstić information content (AvgIpc) is 1.91. The molecule has 0 heterocycles. The second kappa shape index (κ2) is 10.0. The van der Waals surface area contributed by atoms with Gasteiger partial charge >= 0.3 is 21.1 Å². The van der Waals surface area contributed by atoms with Gasteiger partial charge in [0.1, 0.15) is 0 Å². The van der Waals surface area contributed by atoms with Gasteiger partial charge < -0.3 is 22.3 Å². The van der Waals surface area contributed by atoms with E-state index in [-0.39, 0.29) is 43.3 Å². The largest absolute Gasteiger partial charge is 4.00 e. The van der Waals surface area contributed by atoms with Crippen molar-refractivity contribution in [2.45, 2.75) is 13.8 Å². The van der Waals surface area contributed by atoms with Gasteiger partial charge in [-0.05, 0) is 0 Å². The maximum Gasteiger partial charge on any atom is 4.00 e. The van der Waals surface area contributed by atoms with Crippen molar-refractivity contribution in [1.29, 1.82) is 0 Å². The molecule has 0 radical (unpaired) electrons. The van der Waals surface area contributed by atoms with Gasteiger partial charge in [-0.2, -0.15) is 17.2 Å². The van der Waals surface area contributed by atoms with E-state index in [1.807, 2.05) is 0 Å². The van der Waals surface area contributed by atoms with E-state index in [1.54, 1.807) is 0 Å². The minimum Gasteiger partial charge on any atom is -0.358 e. The van der Waals surface area contributed by atoms with Gasteiger partial charge in [-0.25, -0.2) is 12.1 Å². The van der Waals surface area contributed by atoms with E-state index < -0.39 is 0 Å². The molecule has 11 heavy (non-hydrogen) atoms. The van der Waals surface area contributed by atoms with Crippen LogP contribution in [0.5, 0.6) is 0 Å². The van der Waals surface area contributed by atoms with Crippen LogP contribution in [-0.4, -0.2) is 0 Å². The summed E-state index contributed by atoms with van der Waals surface area (Å²) in [6, 6.07) is 6.31. The second-order valence-electron chi connectivity index (χ2n) is 1.89. The summed E-state index contributed by atoms with van der Waals surface area (Å²) in [5, 5.41) is 0. The molecule has 0 N–H and O–H groups in total. The molecule has 0 saturated heterocycles. The fourth-order valence-corrected chi connectivity index (χ4v) is 0.600. The van der Waals surface area contributed by atoms with Crippen molar-refractivity contribution in [2.24, 2.45) is 0 Å². The van der Waals surface area contributed by atoms with Gasteiger partial charge in [-0.15, -0.1) is 0 Å². The molecule has 1 aromatic carbocycles. The standard InChI is InChI=1S/C7H9.3CH3.Pt/c1-6-4-3-5-7(6)2;;;;/h3-5H,1-2H3;3*1H3;/q4*-1;+4. The SMILES string of the molecule is Cc1ccc[c-]1C.[CH3-].[CH3-].[CH3-].[Pt+4]. The van der Waals surface area contributed by atoms with E-state index in [0.29, 0.717) is 0 Å². The Balaban J connectivity index is -0.0000000612. The predicted octanol–water partition coefficient (Wildman–Crippen LogP) is 3.37. The summed E-state index contributed by atoms with van der Waals surface area (Å²) in [5.74, 6) is 0. The van der Waals surface area contributed by atoms with Crippen LogP contribution in [0.4, 0.5) is 0 Å². The maximum atomic E-state index is 2.12. The van der Waals surface area contributed by atoms with Crippen LogP contribution in [0.1, 0.15) is 11.1 Å². The fraction of sp³-hybridized carbons (Fsp3) is 0.200. The topological polar surface area (TPSA) is 0 Å². The van der Waals surface area contributed by atoms with Crippen molar-refractivity contribution in [2.75, 3.05) is 0 Å². The van der Waals surface area contributed by atoms with Crippen LogP contribution in [0.3, 0.4) is 0 Å². The predicted molar refractivity (Wildman–Crippen MR) is 50.8 cm³/mol. The molecule has 0 amide bonds. The van der Waals surface area contributed by atoms with Gasteiger partial charge in [0.05, 0.1) is 0 Å². The van der Waals surface area contributed by atoms with Gasteiger partial charge in [0, 0.05) is 0 Å². The molecule has 1 rings (SSSR count). The Morgan fingerprint density at radius 2 is 1.64 bits per heavy atom. The van der Waals surface area contributed by atoms with Crippen LogP contribution in [-0.2, 0) is 21.1 Å². The summed E-state index contributed by atoms with van der Waals surface area (Å²) >= 11 is 0. The molecule has 1 aromatic rings. The Bertz CT molecular complexity index is 137. The summed E-state index contributed by atoms with van der Waals surface area (Å²) < 4.78 is 0. The summed E-state index contributed by atoms with van der Waals surface area (Å²) in [6.07, 6.45) is 0. The van der Waals surface area contributed by atoms with E-state index in [0.717, 1.165) is 0 Å². The molecule has 0 saturated carbocycles. The number of aryl methyl sites for hydroxylation is 2. The van der Waals surface area contributed by atoms with Gasteiger partial charge in [0.15, 0.2) is 0 Å². The van der Waals surface area contributed by atoms with E-state index >= 15 is 0 Å². The van der Waals surface area contributed by atoms with Crippen molar-refractivity contribution in [3.8, 4) is 0 Å². The maximum absolute atomic E-state index is 2.12. The molecular weight excluding hydrogens is 315 g/mol. The molecule has 0 aliphatic rings.